The molecule has 0 saturated carbocycles. The fraction of sp³-hybridized carbons (Fsp3) is 0.226. The van der Waals surface area contributed by atoms with Gasteiger partial charge < -0.3 is 39.0 Å². The van der Waals surface area contributed by atoms with E-state index in [1.165, 1.54) is 52.6 Å². The number of rotatable bonds is 9. The Balaban J connectivity index is 2.15. The number of nitrogens with zero attached hydrogens (tertiary/aromatic N) is 2. The Morgan fingerprint density at radius 3 is 2.02 bits per heavy atom. The van der Waals surface area contributed by atoms with Gasteiger partial charge in [0.15, 0.2) is 0 Å². The molecule has 0 saturated heterocycles. The van der Waals surface area contributed by atoms with Gasteiger partial charge in [-0.05, 0) is 36.8 Å². The third kappa shape index (κ3) is 5.60. The number of anilines is 2. The van der Waals surface area contributed by atoms with E-state index in [1.54, 1.807) is 30.3 Å². The van der Waals surface area contributed by atoms with Gasteiger partial charge in [-0.15, -0.1) is 0 Å². The minimum absolute atomic E-state index is 0.0714. The smallest absolute Gasteiger partial charge is 0.355 e. The summed E-state index contributed by atoms with van der Waals surface area (Å²) in [6, 6.07) is 16.9. The average Bonchev–Trinajstić information content (AvgIpc) is 3.02. The van der Waals surface area contributed by atoms with Crippen LogP contribution < -0.4 is 24.3 Å². The first-order chi connectivity index (χ1) is 20.2. The van der Waals surface area contributed by atoms with Gasteiger partial charge in [0, 0.05) is 23.6 Å². The molecule has 0 radical (unpaired) electrons. The molecule has 1 N–H and O–H groups in total. The molecule has 1 aliphatic rings. The van der Waals surface area contributed by atoms with E-state index in [4.69, 9.17) is 23.7 Å². The maximum Gasteiger partial charge on any atom is 0.355 e. The van der Waals surface area contributed by atoms with Gasteiger partial charge in [0.25, 0.3) is 0 Å². The fourth-order valence-electron chi connectivity index (χ4n) is 4.83. The molecule has 11 nitrogen and oxygen atoms in total. The van der Waals surface area contributed by atoms with Crippen LogP contribution in [0.1, 0.15) is 22.6 Å². The standard InChI is InChI=1S/C31H31N2O9/c1-18-7-9-19(10-8-18)25-17-23(22-13-11-21(39-3)16-27(22)40-4)28(30(34)41-5)29(31(35)42-6)32(25)24-14-12-20(38-2)15-26(24)33(36)37/h7-17,23,36H,1-6H3/q-1. The van der Waals surface area contributed by atoms with E-state index in [1.807, 2.05) is 31.2 Å². The molecule has 11 heteroatoms. The quantitative estimate of drug-likeness (QED) is 0.274. The zero-order valence-electron chi connectivity index (χ0n) is 24.0. The molecule has 220 valence electrons. The van der Waals surface area contributed by atoms with Crippen LogP contribution in [-0.4, -0.2) is 52.7 Å². The maximum atomic E-state index is 13.7. The van der Waals surface area contributed by atoms with Gasteiger partial charge in [-0.2, -0.15) is 0 Å². The second kappa shape index (κ2) is 12.7. The van der Waals surface area contributed by atoms with Crippen molar-refractivity contribution in [3.63, 3.8) is 0 Å². The Morgan fingerprint density at radius 2 is 1.45 bits per heavy atom. The van der Waals surface area contributed by atoms with E-state index in [2.05, 4.69) is 0 Å². The maximum absolute atomic E-state index is 13.7. The van der Waals surface area contributed by atoms with Crippen LogP contribution in [0.15, 0.2) is 78.0 Å². The Bertz CT molecular complexity index is 1540. The largest absolute Gasteiger partial charge is 0.733 e. The van der Waals surface area contributed by atoms with Crippen LogP contribution in [-0.2, 0) is 19.1 Å². The predicted molar refractivity (Wildman–Crippen MR) is 156 cm³/mol. The summed E-state index contributed by atoms with van der Waals surface area (Å²) >= 11 is 0. The molecule has 0 aromatic heterocycles. The van der Waals surface area contributed by atoms with Gasteiger partial charge in [-0.25, -0.2) is 9.59 Å². The summed E-state index contributed by atoms with van der Waals surface area (Å²) in [5.41, 5.74) is 2.09. The number of benzene rings is 3. The molecule has 0 fully saturated rings. The molecule has 0 amide bonds. The van der Waals surface area contributed by atoms with Crippen LogP contribution in [0.25, 0.3) is 5.70 Å². The molecule has 3 aromatic rings. The lowest BCUT2D eigenvalue weighted by atomic mass is 9.83. The lowest BCUT2D eigenvalue weighted by Crippen LogP contribution is -2.36. The number of carbonyl (C=O) groups is 2. The normalized spacial score (nSPS) is 14.6. The summed E-state index contributed by atoms with van der Waals surface area (Å²) in [6.07, 6.45) is 1.76. The zero-order valence-corrected chi connectivity index (χ0v) is 24.0. The fourth-order valence-corrected chi connectivity index (χ4v) is 4.83. The van der Waals surface area contributed by atoms with Crippen molar-refractivity contribution in [2.24, 2.45) is 0 Å². The molecule has 42 heavy (non-hydrogen) atoms. The van der Waals surface area contributed by atoms with Crippen LogP contribution in [0.3, 0.4) is 0 Å². The van der Waals surface area contributed by atoms with Crippen LogP contribution in [0, 0.1) is 12.1 Å². The van der Waals surface area contributed by atoms with E-state index in [-0.39, 0.29) is 33.6 Å². The number of hydrogen-bond donors (Lipinski definition) is 1. The first kappa shape index (κ1) is 30.0. The summed E-state index contributed by atoms with van der Waals surface area (Å²) in [5.74, 6) is -1.39. The number of ether oxygens (including phenoxy) is 5. The van der Waals surface area contributed by atoms with Gasteiger partial charge in [-0.1, -0.05) is 35.9 Å². The highest BCUT2D eigenvalue weighted by molar-refractivity contribution is 6.10. The minimum Gasteiger partial charge on any atom is -0.733 e. The second-order valence-corrected chi connectivity index (χ2v) is 9.21. The van der Waals surface area contributed by atoms with Crippen molar-refractivity contribution in [3.8, 4) is 17.2 Å². The molecular weight excluding hydrogens is 544 g/mol. The average molecular weight is 576 g/mol. The number of esters is 2. The monoisotopic (exact) mass is 575 g/mol. The number of carbonyl (C=O) groups excluding carboxylic acids is 2. The van der Waals surface area contributed by atoms with E-state index < -0.39 is 17.9 Å². The van der Waals surface area contributed by atoms with Gasteiger partial charge >= 0.3 is 11.9 Å². The van der Waals surface area contributed by atoms with Gasteiger partial charge in [0.2, 0.25) is 0 Å². The van der Waals surface area contributed by atoms with Crippen LogP contribution >= 0.6 is 0 Å². The van der Waals surface area contributed by atoms with E-state index in [0.29, 0.717) is 28.3 Å². The van der Waals surface area contributed by atoms with Gasteiger partial charge in [0.1, 0.15) is 22.9 Å². The van der Waals surface area contributed by atoms with Crippen LogP contribution in [0.5, 0.6) is 17.2 Å². The van der Waals surface area contributed by atoms with Crippen molar-refractivity contribution < 1.29 is 38.5 Å². The summed E-state index contributed by atoms with van der Waals surface area (Å²) in [4.78, 5) is 28.6. The van der Waals surface area contributed by atoms with Crippen molar-refractivity contribution >= 4 is 29.0 Å². The zero-order chi connectivity index (χ0) is 30.6. The summed E-state index contributed by atoms with van der Waals surface area (Å²) < 4.78 is 26.6. The van der Waals surface area contributed by atoms with E-state index >= 15 is 0 Å². The second-order valence-electron chi connectivity index (χ2n) is 9.21. The molecule has 0 spiro atoms. The number of aryl methyl sites for hydroxylation is 1. The van der Waals surface area contributed by atoms with Crippen molar-refractivity contribution in [2.75, 3.05) is 45.7 Å². The van der Waals surface area contributed by atoms with E-state index in [9.17, 15) is 20.0 Å². The van der Waals surface area contributed by atoms with Crippen LogP contribution in [0.4, 0.5) is 11.4 Å². The summed E-state index contributed by atoms with van der Waals surface area (Å²) in [6.45, 7) is 1.93. The number of hydrogen-bond acceptors (Lipinski definition) is 11. The molecule has 1 heterocycles. The minimum atomic E-state index is -0.886. The molecule has 4 rings (SSSR count). The SMILES string of the molecule is COC(=O)C1=C(C(=O)OC)N(c2ccc(OC)cc2N([O-])O)C(c2ccc(C)cc2)=CC1c1ccc(OC)cc1OC. The van der Waals surface area contributed by atoms with Crippen LogP contribution in [0.2, 0.25) is 0 Å². The lowest BCUT2D eigenvalue weighted by molar-refractivity contribution is -0.139. The third-order valence-electron chi connectivity index (χ3n) is 6.89. The number of allylic oxidation sites excluding steroid dienone is 1. The summed E-state index contributed by atoms with van der Waals surface area (Å²) in [5, 5.41) is 22.2. The highest BCUT2D eigenvalue weighted by atomic mass is 16.8. The Kier molecular flexibility index (Phi) is 9.04. The molecule has 1 unspecified atom stereocenters. The Labute approximate surface area is 243 Å². The summed E-state index contributed by atoms with van der Waals surface area (Å²) in [7, 11) is 6.78. The lowest BCUT2D eigenvalue weighted by Gasteiger charge is -2.38. The molecule has 3 aromatic carbocycles. The molecule has 0 bridgehead atoms. The molecule has 1 aliphatic heterocycles. The molecule has 1 atom stereocenters. The number of methoxy groups -OCH3 is 5. The van der Waals surface area contributed by atoms with Gasteiger partial charge in [-0.3, -0.25) is 5.21 Å². The van der Waals surface area contributed by atoms with Crippen molar-refractivity contribution in [1.29, 1.82) is 0 Å². The van der Waals surface area contributed by atoms with E-state index in [0.717, 1.165) is 5.56 Å². The topological polar surface area (TPSA) is 130 Å². The predicted octanol–water partition coefficient (Wildman–Crippen LogP) is 4.96. The Morgan fingerprint density at radius 1 is 0.833 bits per heavy atom. The van der Waals surface area contributed by atoms with Crippen molar-refractivity contribution in [2.45, 2.75) is 12.8 Å². The Hall–Kier alpha value is -5.00. The first-order valence-electron chi connectivity index (χ1n) is 12.7. The van der Waals surface area contributed by atoms with Gasteiger partial charge in [0.05, 0.1) is 58.2 Å². The van der Waals surface area contributed by atoms with Crippen molar-refractivity contribution in [1.82, 2.24) is 0 Å². The molecular formula is C31H31N2O9-. The highest BCUT2D eigenvalue weighted by Crippen LogP contribution is 2.48. The van der Waals surface area contributed by atoms with Crippen molar-refractivity contribution in [3.05, 3.63) is 99.9 Å². The third-order valence-corrected chi connectivity index (χ3v) is 6.89. The first-order valence-corrected chi connectivity index (χ1v) is 12.7. The highest BCUT2D eigenvalue weighted by Gasteiger charge is 2.41. The molecule has 0 aliphatic carbocycles.